The van der Waals surface area contributed by atoms with Crippen LogP contribution in [0.4, 0.5) is 0 Å². The van der Waals surface area contributed by atoms with Crippen molar-refractivity contribution in [1.82, 2.24) is 4.90 Å². The average Bonchev–Trinajstić information content (AvgIpc) is 2.38. The first kappa shape index (κ1) is 18.9. The minimum atomic E-state index is -0.523. The van der Waals surface area contributed by atoms with Crippen molar-refractivity contribution >= 4 is 33.8 Å². The van der Waals surface area contributed by atoms with E-state index in [4.69, 9.17) is 9.47 Å². The molecule has 0 aliphatic carbocycles. The molecule has 0 aromatic rings. The van der Waals surface area contributed by atoms with Gasteiger partial charge in [0.25, 0.3) is 0 Å². The molecular weight excluding hydrogens is 330 g/mol. The van der Waals surface area contributed by atoms with Gasteiger partial charge in [-0.25, -0.2) is 0 Å². The van der Waals surface area contributed by atoms with Gasteiger partial charge in [0.05, 0.1) is 13.2 Å². The minimum Gasteiger partial charge on any atom is -0.465 e. The molecule has 0 rings (SSSR count). The highest BCUT2D eigenvalue weighted by atomic mass is 79.9. The molecule has 0 heterocycles. The number of alkyl halides is 1. The first-order valence-electron chi connectivity index (χ1n) is 6.70. The monoisotopic (exact) mass is 351 g/mol. The van der Waals surface area contributed by atoms with Crippen LogP contribution in [0.15, 0.2) is 0 Å². The highest BCUT2D eigenvalue weighted by molar-refractivity contribution is 9.09. The SMILES string of the molecule is CCOC(=O)CN(CC(=O)OCC)C(=O)CCCCBr. The standard InChI is InChI=1S/C13H22BrNO5/c1-3-19-12(17)9-15(10-13(18)20-4-2)11(16)7-5-6-8-14/h3-10H2,1-2H3. The Kier molecular flexibility index (Phi) is 11.0. The van der Waals surface area contributed by atoms with Gasteiger partial charge in [0.15, 0.2) is 0 Å². The predicted molar refractivity (Wildman–Crippen MR) is 77.5 cm³/mol. The third kappa shape index (κ3) is 8.90. The van der Waals surface area contributed by atoms with Crippen LogP contribution < -0.4 is 0 Å². The maximum Gasteiger partial charge on any atom is 0.325 e. The van der Waals surface area contributed by atoms with E-state index < -0.39 is 11.9 Å². The molecule has 0 aliphatic heterocycles. The van der Waals surface area contributed by atoms with Gasteiger partial charge in [-0.05, 0) is 26.7 Å². The van der Waals surface area contributed by atoms with Crippen molar-refractivity contribution in [2.75, 3.05) is 31.6 Å². The van der Waals surface area contributed by atoms with Gasteiger partial charge in [0.1, 0.15) is 13.1 Å². The van der Waals surface area contributed by atoms with Crippen LogP contribution in [0.1, 0.15) is 33.1 Å². The van der Waals surface area contributed by atoms with Gasteiger partial charge in [-0.15, -0.1) is 0 Å². The third-order valence-electron chi connectivity index (χ3n) is 2.38. The number of amides is 1. The predicted octanol–water partition coefficient (Wildman–Crippen LogP) is 1.51. The van der Waals surface area contributed by atoms with E-state index in [9.17, 15) is 14.4 Å². The molecule has 20 heavy (non-hydrogen) atoms. The van der Waals surface area contributed by atoms with Gasteiger partial charge in [0.2, 0.25) is 5.91 Å². The molecule has 0 saturated heterocycles. The van der Waals surface area contributed by atoms with Gasteiger partial charge < -0.3 is 14.4 Å². The van der Waals surface area contributed by atoms with Crippen molar-refractivity contribution in [1.29, 1.82) is 0 Å². The molecule has 0 atom stereocenters. The summed E-state index contributed by atoms with van der Waals surface area (Å²) in [7, 11) is 0. The van der Waals surface area contributed by atoms with Crippen LogP contribution in [-0.2, 0) is 23.9 Å². The Labute approximate surface area is 127 Å². The lowest BCUT2D eigenvalue weighted by atomic mass is 10.2. The fourth-order valence-corrected chi connectivity index (χ4v) is 1.88. The molecule has 0 aromatic heterocycles. The Morgan fingerprint density at radius 1 is 0.950 bits per heavy atom. The summed E-state index contributed by atoms with van der Waals surface area (Å²) in [5.74, 6) is -1.29. The average molecular weight is 352 g/mol. The Morgan fingerprint density at radius 2 is 1.45 bits per heavy atom. The lowest BCUT2D eigenvalue weighted by Gasteiger charge is -2.20. The number of unbranched alkanes of at least 4 members (excludes halogenated alkanes) is 1. The number of carbonyl (C=O) groups is 3. The van der Waals surface area contributed by atoms with Crippen molar-refractivity contribution < 1.29 is 23.9 Å². The number of hydrogen-bond acceptors (Lipinski definition) is 5. The highest BCUT2D eigenvalue weighted by Gasteiger charge is 2.20. The summed E-state index contributed by atoms with van der Waals surface area (Å²) in [6.07, 6.45) is 1.86. The van der Waals surface area contributed by atoms with Crippen LogP contribution in [0.3, 0.4) is 0 Å². The van der Waals surface area contributed by atoms with Crippen molar-refractivity contribution in [3.63, 3.8) is 0 Å². The number of carbonyl (C=O) groups excluding carboxylic acids is 3. The second-order valence-electron chi connectivity index (χ2n) is 4.01. The van der Waals surface area contributed by atoms with Crippen LogP contribution in [-0.4, -0.2) is 54.4 Å². The molecule has 0 aliphatic rings. The molecule has 0 N–H and O–H groups in total. The Morgan fingerprint density at radius 3 is 1.85 bits per heavy atom. The van der Waals surface area contributed by atoms with E-state index in [1.165, 1.54) is 4.90 Å². The van der Waals surface area contributed by atoms with Gasteiger partial charge >= 0.3 is 11.9 Å². The Balaban J connectivity index is 4.47. The topological polar surface area (TPSA) is 72.9 Å². The Hall–Kier alpha value is -1.11. The molecule has 7 heteroatoms. The van der Waals surface area contributed by atoms with E-state index in [1.54, 1.807) is 13.8 Å². The van der Waals surface area contributed by atoms with E-state index in [0.29, 0.717) is 12.8 Å². The minimum absolute atomic E-state index is 0.222. The molecule has 0 fully saturated rings. The van der Waals surface area contributed by atoms with Gasteiger partial charge in [-0.3, -0.25) is 14.4 Å². The second-order valence-corrected chi connectivity index (χ2v) is 4.80. The number of esters is 2. The number of rotatable bonds is 10. The highest BCUT2D eigenvalue weighted by Crippen LogP contribution is 2.04. The molecule has 0 radical (unpaired) electrons. The van der Waals surface area contributed by atoms with Crippen molar-refractivity contribution in [3.05, 3.63) is 0 Å². The van der Waals surface area contributed by atoms with E-state index in [-0.39, 0.29) is 32.2 Å². The van der Waals surface area contributed by atoms with E-state index >= 15 is 0 Å². The molecule has 0 unspecified atom stereocenters. The maximum atomic E-state index is 12.0. The summed E-state index contributed by atoms with van der Waals surface area (Å²) in [6, 6.07) is 0. The molecule has 0 spiro atoms. The second kappa shape index (κ2) is 11.7. The van der Waals surface area contributed by atoms with Gasteiger partial charge in [-0.2, -0.15) is 0 Å². The zero-order valence-electron chi connectivity index (χ0n) is 12.0. The van der Waals surface area contributed by atoms with E-state index in [0.717, 1.165) is 11.8 Å². The molecule has 116 valence electrons. The normalized spacial score (nSPS) is 9.95. The third-order valence-corrected chi connectivity index (χ3v) is 2.94. The van der Waals surface area contributed by atoms with Crippen molar-refractivity contribution in [2.24, 2.45) is 0 Å². The summed E-state index contributed by atoms with van der Waals surface area (Å²) >= 11 is 3.29. The lowest BCUT2D eigenvalue weighted by molar-refractivity contribution is -0.154. The molecular formula is C13H22BrNO5. The zero-order valence-corrected chi connectivity index (χ0v) is 13.6. The lowest BCUT2D eigenvalue weighted by Crippen LogP contribution is -2.40. The smallest absolute Gasteiger partial charge is 0.325 e. The van der Waals surface area contributed by atoms with Gasteiger partial charge in [-0.1, -0.05) is 15.9 Å². The van der Waals surface area contributed by atoms with Crippen molar-refractivity contribution in [3.8, 4) is 0 Å². The molecule has 6 nitrogen and oxygen atoms in total. The van der Waals surface area contributed by atoms with Crippen LogP contribution in [0.25, 0.3) is 0 Å². The molecule has 0 bridgehead atoms. The van der Waals surface area contributed by atoms with Crippen LogP contribution in [0.2, 0.25) is 0 Å². The molecule has 0 saturated carbocycles. The van der Waals surface area contributed by atoms with Crippen LogP contribution in [0, 0.1) is 0 Å². The largest absolute Gasteiger partial charge is 0.465 e. The van der Waals surface area contributed by atoms with Crippen molar-refractivity contribution in [2.45, 2.75) is 33.1 Å². The Bertz CT molecular complexity index is 302. The molecule has 0 aromatic carbocycles. The fourth-order valence-electron chi connectivity index (χ4n) is 1.49. The summed E-state index contributed by atoms with van der Waals surface area (Å²) in [4.78, 5) is 36.1. The van der Waals surface area contributed by atoms with E-state index in [2.05, 4.69) is 15.9 Å². The summed E-state index contributed by atoms with van der Waals surface area (Å²) in [6.45, 7) is 3.41. The summed E-state index contributed by atoms with van der Waals surface area (Å²) in [5.41, 5.74) is 0. The van der Waals surface area contributed by atoms with Gasteiger partial charge in [0, 0.05) is 11.8 Å². The summed E-state index contributed by atoms with van der Waals surface area (Å²) in [5, 5.41) is 0.816. The number of hydrogen-bond donors (Lipinski definition) is 0. The van der Waals surface area contributed by atoms with E-state index in [1.807, 2.05) is 0 Å². The van der Waals surface area contributed by atoms with Crippen LogP contribution in [0.5, 0.6) is 0 Å². The fraction of sp³-hybridized carbons (Fsp3) is 0.769. The summed E-state index contributed by atoms with van der Waals surface area (Å²) < 4.78 is 9.59. The number of halogens is 1. The molecule has 1 amide bonds. The maximum absolute atomic E-state index is 12.0. The quantitative estimate of drug-likeness (QED) is 0.339. The number of ether oxygens (including phenoxy) is 2. The first-order chi connectivity index (χ1) is 9.54. The van der Waals surface area contributed by atoms with Crippen LogP contribution >= 0.6 is 15.9 Å². The zero-order chi connectivity index (χ0) is 15.4. The first-order valence-corrected chi connectivity index (χ1v) is 7.82. The number of nitrogens with zero attached hydrogens (tertiary/aromatic N) is 1.